The number of rotatable bonds is 5. The minimum Gasteiger partial charge on any atom is -0.493 e. The number of hydrazone groups is 1. The van der Waals surface area contributed by atoms with Gasteiger partial charge in [-0.2, -0.15) is 5.10 Å². The van der Waals surface area contributed by atoms with Gasteiger partial charge in [-0.15, -0.1) is 0 Å². The Balaban J connectivity index is 2.17. The van der Waals surface area contributed by atoms with Crippen LogP contribution in [0.3, 0.4) is 0 Å². The fourth-order valence-electron chi connectivity index (χ4n) is 2.77. The predicted octanol–water partition coefficient (Wildman–Crippen LogP) is 3.01. The fourth-order valence-corrected chi connectivity index (χ4v) is 2.77. The largest absolute Gasteiger partial charge is 0.493 e. The second-order valence-electron chi connectivity index (χ2n) is 5.73. The molecule has 1 aliphatic carbocycles. The van der Waals surface area contributed by atoms with E-state index in [0.717, 1.165) is 25.0 Å². The first-order valence-electron chi connectivity index (χ1n) is 7.74. The Morgan fingerprint density at radius 1 is 1.17 bits per heavy atom. The normalized spacial score (nSPS) is 19.3. The van der Waals surface area contributed by atoms with Crippen molar-refractivity contribution in [2.75, 3.05) is 21.3 Å². The van der Waals surface area contributed by atoms with Crippen LogP contribution in [0.1, 0.15) is 43.0 Å². The van der Waals surface area contributed by atoms with Crippen molar-refractivity contribution in [2.24, 2.45) is 11.0 Å². The zero-order valence-electron chi connectivity index (χ0n) is 14.1. The Bertz CT molecular complexity index is 573. The molecule has 2 rings (SSSR count). The van der Waals surface area contributed by atoms with Crippen LogP contribution in [0.5, 0.6) is 17.2 Å². The van der Waals surface area contributed by atoms with Gasteiger partial charge in [0, 0.05) is 11.3 Å². The van der Waals surface area contributed by atoms with Crippen molar-refractivity contribution in [3.05, 3.63) is 17.7 Å². The van der Waals surface area contributed by atoms with Gasteiger partial charge < -0.3 is 14.2 Å². The number of ether oxygens (including phenoxy) is 3. The lowest BCUT2D eigenvalue weighted by Crippen LogP contribution is -2.22. The number of methoxy groups -OCH3 is 3. The van der Waals surface area contributed by atoms with E-state index in [0.29, 0.717) is 28.7 Å². The van der Waals surface area contributed by atoms with E-state index in [1.165, 1.54) is 27.8 Å². The molecular weight excluding hydrogens is 296 g/mol. The molecule has 0 spiro atoms. The Morgan fingerprint density at radius 3 is 2.35 bits per heavy atom. The monoisotopic (exact) mass is 320 g/mol. The summed E-state index contributed by atoms with van der Waals surface area (Å²) < 4.78 is 15.8. The Kier molecular flexibility index (Phi) is 5.84. The van der Waals surface area contributed by atoms with Gasteiger partial charge in [-0.05, 0) is 43.7 Å². The van der Waals surface area contributed by atoms with Crippen LogP contribution in [0.2, 0.25) is 0 Å². The van der Waals surface area contributed by atoms with Crippen LogP contribution in [0, 0.1) is 5.92 Å². The van der Waals surface area contributed by atoms with Crippen molar-refractivity contribution in [1.29, 1.82) is 0 Å². The predicted molar refractivity (Wildman–Crippen MR) is 88.6 cm³/mol. The summed E-state index contributed by atoms with van der Waals surface area (Å²) in [6, 6.07) is 3.22. The van der Waals surface area contributed by atoms with E-state index in [2.05, 4.69) is 17.5 Å². The molecule has 23 heavy (non-hydrogen) atoms. The lowest BCUT2D eigenvalue weighted by Gasteiger charge is -2.19. The highest BCUT2D eigenvalue weighted by Crippen LogP contribution is 2.38. The van der Waals surface area contributed by atoms with Crippen LogP contribution in [0.15, 0.2) is 17.2 Å². The van der Waals surface area contributed by atoms with Crippen molar-refractivity contribution in [2.45, 2.75) is 32.6 Å². The summed E-state index contributed by atoms with van der Waals surface area (Å²) >= 11 is 0. The van der Waals surface area contributed by atoms with E-state index < -0.39 is 0 Å². The molecule has 1 fully saturated rings. The average Bonchev–Trinajstić information content (AvgIpc) is 2.58. The van der Waals surface area contributed by atoms with Crippen molar-refractivity contribution in [3.8, 4) is 17.2 Å². The molecule has 0 aliphatic heterocycles. The number of carbonyl (C=O) groups excluding carboxylic acids is 1. The SMILES string of the molecule is COc1cc(C(=O)N/N=C2/CCC[C@H](C)C2)cc(OC)c1OC. The number of hydrogen-bond acceptors (Lipinski definition) is 5. The minimum atomic E-state index is -0.296. The molecule has 1 saturated carbocycles. The molecular formula is C17H24N2O4. The molecule has 6 nitrogen and oxygen atoms in total. The lowest BCUT2D eigenvalue weighted by atomic mass is 9.89. The minimum absolute atomic E-state index is 0.296. The van der Waals surface area contributed by atoms with Crippen molar-refractivity contribution >= 4 is 11.6 Å². The molecule has 6 heteroatoms. The maximum atomic E-state index is 12.3. The Morgan fingerprint density at radius 2 is 1.83 bits per heavy atom. The summed E-state index contributed by atoms with van der Waals surface area (Å²) in [5, 5.41) is 4.27. The van der Waals surface area contributed by atoms with Crippen LogP contribution in [0.4, 0.5) is 0 Å². The number of benzene rings is 1. The van der Waals surface area contributed by atoms with Crippen molar-refractivity contribution in [3.63, 3.8) is 0 Å². The summed E-state index contributed by atoms with van der Waals surface area (Å²) in [7, 11) is 4.56. The quantitative estimate of drug-likeness (QED) is 0.847. The third-order valence-electron chi connectivity index (χ3n) is 3.99. The highest BCUT2D eigenvalue weighted by Gasteiger charge is 2.18. The Hall–Kier alpha value is -2.24. The van der Waals surface area contributed by atoms with E-state index in [-0.39, 0.29) is 5.91 Å². The summed E-state index contributed by atoms with van der Waals surface area (Å²) in [5.74, 6) is 1.67. The second kappa shape index (κ2) is 7.85. The molecule has 0 heterocycles. The van der Waals surface area contributed by atoms with Crippen LogP contribution in [-0.4, -0.2) is 32.9 Å². The van der Waals surface area contributed by atoms with Crippen LogP contribution in [0.25, 0.3) is 0 Å². The van der Waals surface area contributed by atoms with Crippen LogP contribution >= 0.6 is 0 Å². The third kappa shape index (κ3) is 4.15. The molecule has 0 unspecified atom stereocenters. The average molecular weight is 320 g/mol. The third-order valence-corrected chi connectivity index (χ3v) is 3.99. The summed E-state index contributed by atoms with van der Waals surface area (Å²) in [5.41, 5.74) is 4.08. The summed E-state index contributed by atoms with van der Waals surface area (Å²) in [6.07, 6.45) is 4.23. The fraction of sp³-hybridized carbons (Fsp3) is 0.529. The molecule has 0 bridgehead atoms. The van der Waals surface area contributed by atoms with E-state index in [1.807, 2.05) is 0 Å². The maximum absolute atomic E-state index is 12.3. The first kappa shape index (κ1) is 17.1. The maximum Gasteiger partial charge on any atom is 0.271 e. The number of nitrogens with one attached hydrogen (secondary N) is 1. The molecule has 1 aliphatic rings. The molecule has 0 saturated heterocycles. The molecule has 126 valence electrons. The van der Waals surface area contributed by atoms with Gasteiger partial charge in [0.25, 0.3) is 5.91 Å². The van der Waals surface area contributed by atoms with Gasteiger partial charge in [-0.1, -0.05) is 6.92 Å². The van der Waals surface area contributed by atoms with E-state index in [1.54, 1.807) is 12.1 Å². The standard InChI is InChI=1S/C17H24N2O4/c1-11-6-5-7-13(8-11)18-19-17(20)12-9-14(21-2)16(23-4)15(10-12)22-3/h9-11H,5-8H2,1-4H3,(H,19,20)/b18-13-/t11-/m0/s1. The van der Waals surface area contributed by atoms with Gasteiger partial charge >= 0.3 is 0 Å². The first-order valence-corrected chi connectivity index (χ1v) is 7.74. The molecule has 1 aromatic rings. The van der Waals surface area contributed by atoms with E-state index in [9.17, 15) is 4.79 Å². The first-order chi connectivity index (χ1) is 11.1. The zero-order valence-corrected chi connectivity index (χ0v) is 14.1. The molecule has 0 radical (unpaired) electrons. The van der Waals surface area contributed by atoms with E-state index in [4.69, 9.17) is 14.2 Å². The topological polar surface area (TPSA) is 69.2 Å². The lowest BCUT2D eigenvalue weighted by molar-refractivity contribution is 0.0953. The highest BCUT2D eigenvalue weighted by molar-refractivity contribution is 5.96. The number of amides is 1. The second-order valence-corrected chi connectivity index (χ2v) is 5.73. The number of hydrogen-bond donors (Lipinski definition) is 1. The number of carbonyl (C=O) groups is 1. The highest BCUT2D eigenvalue weighted by atomic mass is 16.5. The van der Waals surface area contributed by atoms with E-state index >= 15 is 0 Å². The zero-order chi connectivity index (χ0) is 16.8. The van der Waals surface area contributed by atoms with Gasteiger partial charge in [0.1, 0.15) is 0 Å². The molecule has 1 N–H and O–H groups in total. The Labute approximate surface area is 136 Å². The van der Waals surface area contributed by atoms with Crippen molar-refractivity contribution in [1.82, 2.24) is 5.43 Å². The number of nitrogens with zero attached hydrogens (tertiary/aromatic N) is 1. The molecule has 0 aromatic heterocycles. The van der Waals surface area contributed by atoms with Gasteiger partial charge in [-0.25, -0.2) is 5.43 Å². The smallest absolute Gasteiger partial charge is 0.271 e. The van der Waals surface area contributed by atoms with Crippen LogP contribution < -0.4 is 19.6 Å². The summed E-state index contributed by atoms with van der Waals surface area (Å²) in [6.45, 7) is 2.20. The van der Waals surface area contributed by atoms with Gasteiger partial charge in [0.05, 0.1) is 21.3 Å². The molecule has 1 amide bonds. The molecule has 1 aromatic carbocycles. The molecule has 1 atom stereocenters. The van der Waals surface area contributed by atoms with Crippen molar-refractivity contribution < 1.29 is 19.0 Å². The van der Waals surface area contributed by atoms with Gasteiger partial charge in [0.15, 0.2) is 11.5 Å². The van der Waals surface area contributed by atoms with Gasteiger partial charge in [-0.3, -0.25) is 4.79 Å². The summed E-state index contributed by atoms with van der Waals surface area (Å²) in [4.78, 5) is 12.3. The van der Waals surface area contributed by atoms with Crippen LogP contribution in [-0.2, 0) is 0 Å². The van der Waals surface area contributed by atoms with Gasteiger partial charge in [0.2, 0.25) is 5.75 Å².